The second kappa shape index (κ2) is 6.80. The summed E-state index contributed by atoms with van der Waals surface area (Å²) in [6.07, 6.45) is 1.63. The van der Waals surface area contributed by atoms with E-state index in [1.807, 2.05) is 16.8 Å². The zero-order chi connectivity index (χ0) is 21.9. The van der Waals surface area contributed by atoms with Crippen molar-refractivity contribution in [3.05, 3.63) is 79.2 Å². The van der Waals surface area contributed by atoms with E-state index in [2.05, 4.69) is 10.1 Å². The van der Waals surface area contributed by atoms with Crippen LogP contribution in [-0.2, 0) is 9.84 Å². The molecule has 0 aliphatic heterocycles. The predicted molar refractivity (Wildman–Crippen MR) is 115 cm³/mol. The van der Waals surface area contributed by atoms with Crippen LogP contribution >= 0.6 is 22.9 Å². The summed E-state index contributed by atoms with van der Waals surface area (Å²) in [4.78, 5) is 26.1. The van der Waals surface area contributed by atoms with Crippen molar-refractivity contribution >= 4 is 54.6 Å². The Balaban J connectivity index is 1.79. The van der Waals surface area contributed by atoms with Gasteiger partial charge in [-0.25, -0.2) is 17.9 Å². The maximum Gasteiger partial charge on any atom is 0.362 e. The van der Waals surface area contributed by atoms with E-state index in [0.29, 0.717) is 5.52 Å². The Morgan fingerprint density at radius 3 is 2.68 bits per heavy atom. The molecule has 0 saturated carbocycles. The number of rotatable bonds is 3. The van der Waals surface area contributed by atoms with Gasteiger partial charge in [-0.15, -0.1) is 0 Å². The van der Waals surface area contributed by atoms with Crippen molar-refractivity contribution in [1.29, 1.82) is 0 Å². The van der Waals surface area contributed by atoms with Gasteiger partial charge >= 0.3 is 5.69 Å². The number of aromatic nitrogens is 4. The first-order chi connectivity index (χ1) is 14.8. The number of nitrogens with zero attached hydrogens (tertiary/aromatic N) is 3. The van der Waals surface area contributed by atoms with E-state index in [0.717, 1.165) is 11.1 Å². The highest BCUT2D eigenvalue weighted by Gasteiger charge is 2.25. The Kier molecular flexibility index (Phi) is 4.29. The fraction of sp³-hybridized carbons (Fsp3) is 0. The number of thiophene rings is 1. The van der Waals surface area contributed by atoms with Gasteiger partial charge in [0.2, 0.25) is 9.84 Å². The van der Waals surface area contributed by atoms with Crippen LogP contribution in [0.25, 0.3) is 27.5 Å². The lowest BCUT2D eigenvalue weighted by Crippen LogP contribution is -2.33. The minimum absolute atomic E-state index is 0.0605. The maximum atomic E-state index is 13.5. The number of nitrogens with one attached hydrogen (secondary N) is 1. The van der Waals surface area contributed by atoms with Crippen molar-refractivity contribution in [3.63, 3.8) is 0 Å². The molecule has 2 N–H and O–H groups in total. The van der Waals surface area contributed by atoms with Crippen LogP contribution < -0.4 is 11.2 Å². The van der Waals surface area contributed by atoms with Gasteiger partial charge < -0.3 is 10.2 Å². The summed E-state index contributed by atoms with van der Waals surface area (Å²) in [6.45, 7) is 0. The summed E-state index contributed by atoms with van der Waals surface area (Å²) < 4.78 is 28.4. The molecule has 3 aromatic heterocycles. The molecule has 0 fully saturated rings. The fourth-order valence-corrected chi connectivity index (χ4v) is 5.64. The van der Waals surface area contributed by atoms with E-state index in [1.54, 1.807) is 16.9 Å². The van der Waals surface area contributed by atoms with E-state index >= 15 is 0 Å². The maximum absolute atomic E-state index is 13.5. The highest BCUT2D eigenvalue weighted by atomic mass is 35.5. The van der Waals surface area contributed by atoms with Gasteiger partial charge in [-0.2, -0.15) is 16.4 Å². The molecule has 5 aromatic rings. The molecule has 3 heterocycles. The van der Waals surface area contributed by atoms with Crippen molar-refractivity contribution in [2.24, 2.45) is 0 Å². The van der Waals surface area contributed by atoms with E-state index in [-0.39, 0.29) is 30.4 Å². The molecule has 0 amide bonds. The van der Waals surface area contributed by atoms with Crippen LogP contribution in [0, 0.1) is 0 Å². The molecule has 156 valence electrons. The van der Waals surface area contributed by atoms with Gasteiger partial charge in [0.05, 0.1) is 43.1 Å². The van der Waals surface area contributed by atoms with E-state index in [9.17, 15) is 23.2 Å². The fourth-order valence-electron chi connectivity index (χ4n) is 3.35. The zero-order valence-corrected chi connectivity index (χ0v) is 17.7. The standard InChI is InChI=1S/C19H11ClN4O5S2/c20-13-3-4-15(17-16(13)18(25)24(27)19(26)22-17)31(28,29)12-2-1-10-8-21-23(14(10)7-12)11-5-6-30-9-11/h1-9,27H,(H,22,26). The highest BCUT2D eigenvalue weighted by Crippen LogP contribution is 2.31. The highest BCUT2D eigenvalue weighted by molar-refractivity contribution is 7.91. The number of aromatic amines is 1. The molecule has 0 spiro atoms. The topological polar surface area (TPSA) is 127 Å². The SMILES string of the molecule is O=c1[nH]c2c(S(=O)(=O)c3ccc4cnn(-c5ccsc5)c4c3)ccc(Cl)c2c(=O)n1O. The molecular weight excluding hydrogens is 464 g/mol. The molecule has 0 saturated heterocycles. The summed E-state index contributed by atoms with van der Waals surface area (Å²) in [5, 5.41) is 18.0. The quantitative estimate of drug-likeness (QED) is 0.387. The number of halogens is 1. The molecule has 0 aliphatic rings. The number of sulfone groups is 1. The Bertz CT molecular complexity index is 1720. The third-order valence-electron chi connectivity index (χ3n) is 4.84. The molecule has 0 aliphatic carbocycles. The average molecular weight is 475 g/mol. The lowest BCUT2D eigenvalue weighted by atomic mass is 10.2. The first-order valence-electron chi connectivity index (χ1n) is 8.71. The minimum atomic E-state index is -4.18. The second-order valence-corrected chi connectivity index (χ2v) is 9.71. The molecule has 0 unspecified atom stereocenters. The third-order valence-corrected chi connectivity index (χ3v) is 7.62. The van der Waals surface area contributed by atoms with Gasteiger partial charge in [0, 0.05) is 10.8 Å². The molecule has 0 radical (unpaired) electrons. The lowest BCUT2D eigenvalue weighted by molar-refractivity contribution is 0.162. The zero-order valence-electron chi connectivity index (χ0n) is 15.3. The molecule has 5 rings (SSSR count). The Morgan fingerprint density at radius 1 is 1.13 bits per heavy atom. The first kappa shape index (κ1) is 19.5. The predicted octanol–water partition coefficient (Wildman–Crippen LogP) is 2.81. The second-order valence-electron chi connectivity index (χ2n) is 6.60. The molecule has 0 atom stereocenters. The Hall–Kier alpha value is -3.41. The largest absolute Gasteiger partial charge is 0.421 e. The summed E-state index contributed by atoms with van der Waals surface area (Å²) in [5.74, 6) is 0. The number of hydrogen-bond acceptors (Lipinski definition) is 7. The van der Waals surface area contributed by atoms with Crippen LogP contribution in [0.2, 0.25) is 5.02 Å². The van der Waals surface area contributed by atoms with Crippen molar-refractivity contribution in [1.82, 2.24) is 19.5 Å². The monoisotopic (exact) mass is 474 g/mol. The molecule has 31 heavy (non-hydrogen) atoms. The smallest absolute Gasteiger partial charge is 0.362 e. The van der Waals surface area contributed by atoms with Crippen LogP contribution in [0.1, 0.15) is 0 Å². The van der Waals surface area contributed by atoms with Gasteiger partial charge in [-0.05, 0) is 41.8 Å². The van der Waals surface area contributed by atoms with Crippen molar-refractivity contribution in [2.45, 2.75) is 9.79 Å². The van der Waals surface area contributed by atoms with Crippen LogP contribution in [0.4, 0.5) is 0 Å². The summed E-state index contributed by atoms with van der Waals surface area (Å²) in [5.41, 5.74) is -1.21. The lowest BCUT2D eigenvalue weighted by Gasteiger charge is -2.10. The van der Waals surface area contributed by atoms with Gasteiger partial charge in [-0.1, -0.05) is 16.3 Å². The molecule has 0 bridgehead atoms. The molecule has 2 aromatic carbocycles. The first-order valence-corrected chi connectivity index (χ1v) is 11.5. The van der Waals surface area contributed by atoms with Crippen LogP contribution in [0.5, 0.6) is 0 Å². The van der Waals surface area contributed by atoms with Crippen molar-refractivity contribution in [3.8, 4) is 5.69 Å². The van der Waals surface area contributed by atoms with Gasteiger partial charge in [0.15, 0.2) is 0 Å². The van der Waals surface area contributed by atoms with E-state index < -0.39 is 21.1 Å². The minimum Gasteiger partial charge on any atom is -0.421 e. The number of fused-ring (bicyclic) bond motifs is 2. The van der Waals surface area contributed by atoms with Gasteiger partial charge in [-0.3, -0.25) is 4.79 Å². The average Bonchev–Trinajstić information content (AvgIpc) is 3.40. The summed E-state index contributed by atoms with van der Waals surface area (Å²) in [6, 6.07) is 8.81. The van der Waals surface area contributed by atoms with Gasteiger partial charge in [0.1, 0.15) is 0 Å². The van der Waals surface area contributed by atoms with Crippen molar-refractivity contribution < 1.29 is 13.6 Å². The third kappa shape index (κ3) is 2.89. The van der Waals surface area contributed by atoms with Gasteiger partial charge in [0.25, 0.3) is 5.56 Å². The molecule has 9 nitrogen and oxygen atoms in total. The Morgan fingerprint density at radius 2 is 1.94 bits per heavy atom. The van der Waals surface area contributed by atoms with E-state index in [1.165, 1.54) is 35.6 Å². The number of H-pyrrole nitrogens is 1. The van der Waals surface area contributed by atoms with Crippen LogP contribution in [-0.4, -0.2) is 33.1 Å². The molecular formula is C19H11ClN4O5S2. The number of benzene rings is 2. The number of hydrogen-bond donors (Lipinski definition) is 2. The Labute approximate surface area is 182 Å². The summed E-state index contributed by atoms with van der Waals surface area (Å²) in [7, 11) is -4.18. The molecule has 12 heteroatoms. The van der Waals surface area contributed by atoms with E-state index in [4.69, 9.17) is 11.6 Å². The normalized spacial score (nSPS) is 12.0. The summed E-state index contributed by atoms with van der Waals surface area (Å²) >= 11 is 7.53. The van der Waals surface area contributed by atoms with Crippen LogP contribution in [0.15, 0.2) is 72.7 Å². The van der Waals surface area contributed by atoms with Crippen LogP contribution in [0.3, 0.4) is 0 Å². The van der Waals surface area contributed by atoms with Crippen molar-refractivity contribution in [2.75, 3.05) is 0 Å².